The van der Waals surface area contributed by atoms with Gasteiger partial charge in [-0.3, -0.25) is 0 Å². The van der Waals surface area contributed by atoms with Crippen molar-refractivity contribution in [2.24, 2.45) is 17.8 Å². The maximum Gasteiger partial charge on any atom is 0.511 e. The van der Waals surface area contributed by atoms with Crippen LogP contribution < -0.4 is 4.72 Å². The van der Waals surface area contributed by atoms with Gasteiger partial charge in [0, 0.05) is 18.0 Å². The molecule has 0 aromatic heterocycles. The van der Waals surface area contributed by atoms with E-state index in [2.05, 4.69) is 6.58 Å². The van der Waals surface area contributed by atoms with E-state index in [1.807, 2.05) is 0 Å². The number of esters is 1. The Balaban J connectivity index is 2.08. The van der Waals surface area contributed by atoms with E-state index in [-0.39, 0.29) is 24.0 Å². The first-order valence-electron chi connectivity index (χ1n) is 7.45. The van der Waals surface area contributed by atoms with Crippen LogP contribution in [0.4, 0.5) is 13.2 Å². The summed E-state index contributed by atoms with van der Waals surface area (Å²) in [6.07, 6.45) is 2.67. The van der Waals surface area contributed by atoms with E-state index in [4.69, 9.17) is 4.74 Å². The molecule has 2 aliphatic rings. The topological polar surface area (TPSA) is 72.5 Å². The highest BCUT2D eigenvalue weighted by Gasteiger charge is 2.50. The first-order chi connectivity index (χ1) is 10.5. The van der Waals surface area contributed by atoms with Crippen molar-refractivity contribution in [1.82, 2.24) is 4.72 Å². The second-order valence-electron chi connectivity index (χ2n) is 6.28. The molecule has 4 atom stereocenters. The third-order valence-electron chi connectivity index (χ3n) is 4.70. The maximum absolute atomic E-state index is 12.4. The molecule has 0 bridgehead atoms. The van der Waals surface area contributed by atoms with Gasteiger partial charge in [-0.25, -0.2) is 17.9 Å². The minimum atomic E-state index is -5.39. The zero-order valence-corrected chi connectivity index (χ0v) is 13.5. The third-order valence-corrected chi connectivity index (χ3v) is 5.86. The Morgan fingerprint density at radius 3 is 2.57 bits per heavy atom. The second-order valence-corrected chi connectivity index (χ2v) is 8.03. The molecule has 2 aliphatic carbocycles. The van der Waals surface area contributed by atoms with Gasteiger partial charge in [0.1, 0.15) is 6.10 Å². The first kappa shape index (κ1) is 18.3. The summed E-state index contributed by atoms with van der Waals surface area (Å²) in [4.78, 5) is 11.7. The molecule has 0 aliphatic heterocycles. The summed E-state index contributed by atoms with van der Waals surface area (Å²) in [5.74, 6) is -0.700. The molecule has 0 amide bonds. The summed E-state index contributed by atoms with van der Waals surface area (Å²) in [6, 6.07) is 0. The van der Waals surface area contributed by atoms with Crippen LogP contribution in [0.3, 0.4) is 0 Å². The first-order valence-corrected chi connectivity index (χ1v) is 8.93. The molecule has 0 saturated heterocycles. The van der Waals surface area contributed by atoms with Gasteiger partial charge in [-0.1, -0.05) is 19.4 Å². The van der Waals surface area contributed by atoms with Crippen molar-refractivity contribution < 1.29 is 31.1 Å². The number of nitrogens with one attached hydrogen (secondary N) is 1. The summed E-state index contributed by atoms with van der Waals surface area (Å²) in [5, 5.41) is 0. The maximum atomic E-state index is 12.4. The van der Waals surface area contributed by atoms with Crippen molar-refractivity contribution in [3.05, 3.63) is 12.2 Å². The Hall–Kier alpha value is -1.09. The molecule has 132 valence electrons. The van der Waals surface area contributed by atoms with Crippen LogP contribution in [0.1, 0.15) is 32.6 Å². The van der Waals surface area contributed by atoms with Gasteiger partial charge in [-0.05, 0) is 31.6 Å². The van der Waals surface area contributed by atoms with Crippen LogP contribution >= 0.6 is 0 Å². The predicted molar refractivity (Wildman–Crippen MR) is 76.6 cm³/mol. The number of sulfonamides is 1. The number of fused-ring (bicyclic) bond motifs is 1. The van der Waals surface area contributed by atoms with E-state index < -0.39 is 33.5 Å². The van der Waals surface area contributed by atoms with Gasteiger partial charge >= 0.3 is 21.5 Å². The van der Waals surface area contributed by atoms with Crippen molar-refractivity contribution in [2.75, 3.05) is 6.54 Å². The van der Waals surface area contributed by atoms with Gasteiger partial charge in [0.15, 0.2) is 0 Å². The number of carbonyl (C=O) groups is 1. The number of ether oxygens (including phenoxy) is 1. The molecular weight excluding hydrogens is 335 g/mol. The van der Waals surface area contributed by atoms with Crippen LogP contribution in [0.15, 0.2) is 12.2 Å². The van der Waals surface area contributed by atoms with Crippen LogP contribution in [0, 0.1) is 17.8 Å². The van der Waals surface area contributed by atoms with Gasteiger partial charge in [-0.15, -0.1) is 0 Å². The fraction of sp³-hybridized carbons (Fsp3) is 0.786. The van der Waals surface area contributed by atoms with Crippen LogP contribution in [0.5, 0.6) is 0 Å². The summed E-state index contributed by atoms with van der Waals surface area (Å²) in [7, 11) is -5.39. The molecule has 0 radical (unpaired) electrons. The molecule has 1 N–H and O–H groups in total. The highest BCUT2D eigenvalue weighted by atomic mass is 32.2. The SMILES string of the molecule is C=C(C)C(=O)OC1CC2CCCC2C1CNS(=O)(=O)C(F)(F)F. The van der Waals surface area contributed by atoms with E-state index >= 15 is 0 Å². The number of alkyl halides is 3. The molecule has 2 fully saturated rings. The zero-order chi connectivity index (χ0) is 17.4. The zero-order valence-electron chi connectivity index (χ0n) is 12.7. The largest absolute Gasteiger partial charge is 0.511 e. The van der Waals surface area contributed by atoms with Crippen molar-refractivity contribution in [1.29, 1.82) is 0 Å². The Labute approximate surface area is 133 Å². The normalized spacial score (nSPS) is 31.0. The summed E-state index contributed by atoms with van der Waals surface area (Å²) in [6.45, 7) is 4.58. The molecule has 0 heterocycles. The molecule has 5 nitrogen and oxygen atoms in total. The van der Waals surface area contributed by atoms with Gasteiger partial charge in [0.2, 0.25) is 0 Å². The lowest BCUT2D eigenvalue weighted by Gasteiger charge is -2.24. The van der Waals surface area contributed by atoms with Crippen LogP contribution in [0.2, 0.25) is 0 Å². The van der Waals surface area contributed by atoms with E-state index in [1.165, 1.54) is 6.92 Å². The molecular formula is C14H20F3NO4S. The highest BCUT2D eigenvalue weighted by molar-refractivity contribution is 7.90. The molecule has 2 rings (SSSR count). The predicted octanol–water partition coefficient (Wildman–Crippen LogP) is 2.35. The van der Waals surface area contributed by atoms with Gasteiger partial charge < -0.3 is 4.74 Å². The monoisotopic (exact) mass is 355 g/mol. The number of rotatable bonds is 5. The summed E-state index contributed by atoms with van der Waals surface area (Å²) < 4.78 is 66.6. The fourth-order valence-electron chi connectivity index (χ4n) is 3.61. The van der Waals surface area contributed by atoms with Crippen LogP contribution in [0.25, 0.3) is 0 Å². The van der Waals surface area contributed by atoms with Gasteiger partial charge in [-0.2, -0.15) is 13.2 Å². The van der Waals surface area contributed by atoms with E-state index in [9.17, 15) is 26.4 Å². The molecule has 4 unspecified atom stereocenters. The van der Waals surface area contributed by atoms with E-state index in [1.54, 1.807) is 4.72 Å². The Morgan fingerprint density at radius 2 is 2.00 bits per heavy atom. The quantitative estimate of drug-likeness (QED) is 0.607. The number of halogens is 3. The van der Waals surface area contributed by atoms with Crippen LogP contribution in [-0.4, -0.2) is 32.5 Å². The Morgan fingerprint density at radius 1 is 1.35 bits per heavy atom. The van der Waals surface area contributed by atoms with Crippen molar-refractivity contribution >= 4 is 16.0 Å². The lowest BCUT2D eigenvalue weighted by Crippen LogP contribution is -2.42. The lowest BCUT2D eigenvalue weighted by atomic mass is 9.91. The molecule has 0 spiro atoms. The molecule has 0 aromatic carbocycles. The van der Waals surface area contributed by atoms with Crippen LogP contribution in [-0.2, 0) is 19.6 Å². The summed E-state index contributed by atoms with van der Waals surface area (Å²) >= 11 is 0. The highest BCUT2D eigenvalue weighted by Crippen LogP contribution is 2.48. The third kappa shape index (κ3) is 3.88. The standard InChI is InChI=1S/C14H20F3NO4S/c1-8(2)13(19)22-12-6-9-4-3-5-10(9)11(12)7-18-23(20,21)14(15,16)17/h9-12,18H,1,3-7H2,2H3. The van der Waals surface area contributed by atoms with Crippen molar-refractivity contribution in [2.45, 2.75) is 44.2 Å². The average molecular weight is 355 g/mol. The number of hydrogen-bond donors (Lipinski definition) is 1. The fourth-order valence-corrected chi connectivity index (χ4v) is 4.19. The van der Waals surface area contributed by atoms with E-state index in [0.717, 1.165) is 19.3 Å². The molecule has 23 heavy (non-hydrogen) atoms. The van der Waals surface area contributed by atoms with Crippen molar-refractivity contribution in [3.8, 4) is 0 Å². The van der Waals surface area contributed by atoms with Gasteiger partial charge in [0.05, 0.1) is 0 Å². The minimum absolute atomic E-state index is 0.0776. The molecule has 0 aromatic rings. The number of carbonyl (C=O) groups excluding carboxylic acids is 1. The average Bonchev–Trinajstić information content (AvgIpc) is 2.96. The Bertz CT molecular complexity index is 587. The lowest BCUT2D eigenvalue weighted by molar-refractivity contribution is -0.146. The minimum Gasteiger partial charge on any atom is -0.459 e. The van der Waals surface area contributed by atoms with Gasteiger partial charge in [0.25, 0.3) is 0 Å². The molecule has 9 heteroatoms. The van der Waals surface area contributed by atoms with E-state index in [0.29, 0.717) is 6.42 Å². The summed E-state index contributed by atoms with van der Waals surface area (Å²) in [5.41, 5.74) is -5.14. The Kier molecular flexibility index (Phi) is 5.10. The second kappa shape index (κ2) is 6.43. The molecule has 2 saturated carbocycles. The smallest absolute Gasteiger partial charge is 0.459 e. The number of hydrogen-bond acceptors (Lipinski definition) is 4. The van der Waals surface area contributed by atoms with Crippen molar-refractivity contribution in [3.63, 3.8) is 0 Å².